The lowest BCUT2D eigenvalue weighted by molar-refractivity contribution is -0.129. The molecule has 4 nitrogen and oxygen atoms in total. The van der Waals surface area contributed by atoms with Gasteiger partial charge in [-0.15, -0.1) is 0 Å². The van der Waals surface area contributed by atoms with E-state index < -0.39 is 5.54 Å². The molecule has 3 N–H and O–H groups in total. The lowest BCUT2D eigenvalue weighted by atomic mass is 9.77. The second kappa shape index (κ2) is 4.22. The summed E-state index contributed by atoms with van der Waals surface area (Å²) in [6.07, 6.45) is 4.34. The molecule has 16 heavy (non-hydrogen) atoms. The number of amides is 1. The van der Waals surface area contributed by atoms with Gasteiger partial charge in [0.2, 0.25) is 5.91 Å². The van der Waals surface area contributed by atoms with Gasteiger partial charge in [-0.2, -0.15) is 0 Å². The topological polar surface area (TPSA) is 68.0 Å². The molecule has 1 atom stereocenters. The van der Waals surface area contributed by atoms with Gasteiger partial charge >= 0.3 is 0 Å². The predicted molar refractivity (Wildman–Crippen MR) is 61.6 cm³/mol. The number of hydrogen-bond donors (Lipinski definition) is 2. The maximum Gasteiger partial charge on any atom is 0.240 e. The van der Waals surface area contributed by atoms with E-state index in [-0.39, 0.29) is 11.9 Å². The van der Waals surface area contributed by atoms with Crippen LogP contribution in [-0.2, 0) is 4.79 Å². The van der Waals surface area contributed by atoms with Crippen LogP contribution in [0, 0.1) is 0 Å². The first-order chi connectivity index (χ1) is 7.62. The zero-order valence-corrected chi connectivity index (χ0v) is 9.44. The molecule has 0 aromatic carbocycles. The van der Waals surface area contributed by atoms with Gasteiger partial charge in [0, 0.05) is 6.20 Å². The standard InChI is InChI=1S/C12H17N3O/c1-9(10-5-2-3-8-14-10)15-11(16)12(13)6-4-7-12/h2-3,5,8-9H,4,6-7,13H2,1H3,(H,15,16)/t9-/m0/s1. The summed E-state index contributed by atoms with van der Waals surface area (Å²) in [5.74, 6) is -0.0584. The first-order valence-electron chi connectivity index (χ1n) is 5.63. The fourth-order valence-corrected chi connectivity index (χ4v) is 1.83. The quantitative estimate of drug-likeness (QED) is 0.801. The molecule has 1 aliphatic rings. The molecule has 1 fully saturated rings. The minimum absolute atomic E-state index is 0.0584. The van der Waals surface area contributed by atoms with Crippen molar-refractivity contribution in [1.82, 2.24) is 10.3 Å². The van der Waals surface area contributed by atoms with Crippen LogP contribution in [0.4, 0.5) is 0 Å². The first-order valence-corrected chi connectivity index (χ1v) is 5.63. The molecule has 1 aliphatic carbocycles. The number of carbonyl (C=O) groups excluding carboxylic acids is 1. The van der Waals surface area contributed by atoms with E-state index in [1.54, 1.807) is 6.20 Å². The Kier molecular flexibility index (Phi) is 2.92. The molecular weight excluding hydrogens is 202 g/mol. The van der Waals surface area contributed by atoms with Crippen LogP contribution in [0.25, 0.3) is 0 Å². The van der Waals surface area contributed by atoms with Crippen LogP contribution in [0.3, 0.4) is 0 Å². The summed E-state index contributed by atoms with van der Waals surface area (Å²) in [6.45, 7) is 1.92. The van der Waals surface area contributed by atoms with Crippen LogP contribution >= 0.6 is 0 Å². The van der Waals surface area contributed by atoms with E-state index in [1.165, 1.54) is 0 Å². The SMILES string of the molecule is C[C@H](NC(=O)C1(N)CCC1)c1ccccn1. The fraction of sp³-hybridized carbons (Fsp3) is 0.500. The van der Waals surface area contributed by atoms with Crippen molar-refractivity contribution in [3.8, 4) is 0 Å². The molecule has 0 saturated heterocycles. The van der Waals surface area contributed by atoms with E-state index in [1.807, 2.05) is 25.1 Å². The number of hydrogen-bond acceptors (Lipinski definition) is 3. The third-order valence-corrected chi connectivity index (χ3v) is 3.18. The molecule has 0 unspecified atom stereocenters. The Morgan fingerprint density at radius 3 is 2.81 bits per heavy atom. The van der Waals surface area contributed by atoms with Gasteiger partial charge in [0.05, 0.1) is 17.3 Å². The average Bonchev–Trinajstić information content (AvgIpc) is 2.27. The van der Waals surface area contributed by atoms with Crippen LogP contribution in [0.15, 0.2) is 24.4 Å². The average molecular weight is 219 g/mol. The van der Waals surface area contributed by atoms with E-state index in [4.69, 9.17) is 5.73 Å². The van der Waals surface area contributed by atoms with Crippen LogP contribution in [-0.4, -0.2) is 16.4 Å². The molecule has 0 spiro atoms. The van der Waals surface area contributed by atoms with E-state index >= 15 is 0 Å². The van der Waals surface area contributed by atoms with Crippen molar-refractivity contribution in [3.63, 3.8) is 0 Å². The van der Waals surface area contributed by atoms with Crippen molar-refractivity contribution in [2.75, 3.05) is 0 Å². The van der Waals surface area contributed by atoms with E-state index in [0.29, 0.717) is 0 Å². The summed E-state index contributed by atoms with van der Waals surface area (Å²) in [5, 5.41) is 2.91. The third kappa shape index (κ3) is 2.07. The molecule has 1 amide bonds. The number of aromatic nitrogens is 1. The van der Waals surface area contributed by atoms with Gasteiger partial charge < -0.3 is 11.1 Å². The summed E-state index contributed by atoms with van der Waals surface area (Å²) in [6, 6.07) is 5.57. The zero-order valence-electron chi connectivity index (χ0n) is 9.44. The van der Waals surface area contributed by atoms with Crippen molar-refractivity contribution in [2.45, 2.75) is 37.8 Å². The number of carbonyl (C=O) groups is 1. The molecule has 4 heteroatoms. The Bertz CT molecular complexity index is 373. The summed E-state index contributed by atoms with van der Waals surface area (Å²) in [5.41, 5.74) is 6.16. The molecule has 86 valence electrons. The van der Waals surface area contributed by atoms with Crippen molar-refractivity contribution >= 4 is 5.91 Å². The summed E-state index contributed by atoms with van der Waals surface area (Å²) in [4.78, 5) is 16.1. The van der Waals surface area contributed by atoms with Crippen LogP contribution in [0.1, 0.15) is 37.9 Å². The first kappa shape index (κ1) is 11.1. The van der Waals surface area contributed by atoms with Gasteiger partial charge in [-0.3, -0.25) is 9.78 Å². The normalized spacial score (nSPS) is 19.6. The highest BCUT2D eigenvalue weighted by Gasteiger charge is 2.40. The third-order valence-electron chi connectivity index (χ3n) is 3.18. The molecule has 2 rings (SSSR count). The Hall–Kier alpha value is -1.42. The number of nitrogens with one attached hydrogen (secondary N) is 1. The Labute approximate surface area is 95.3 Å². The highest BCUT2D eigenvalue weighted by Crippen LogP contribution is 2.29. The highest BCUT2D eigenvalue weighted by atomic mass is 16.2. The van der Waals surface area contributed by atoms with Crippen molar-refractivity contribution < 1.29 is 4.79 Å². The molecular formula is C12H17N3O. The number of rotatable bonds is 3. The summed E-state index contributed by atoms with van der Waals surface area (Å²) >= 11 is 0. The predicted octanol–water partition coefficient (Wildman–Crippen LogP) is 1.14. The van der Waals surface area contributed by atoms with Gasteiger partial charge in [-0.25, -0.2) is 0 Å². The van der Waals surface area contributed by atoms with Crippen molar-refractivity contribution in [2.24, 2.45) is 5.73 Å². The molecule has 1 aromatic heterocycles. The van der Waals surface area contributed by atoms with Crippen LogP contribution < -0.4 is 11.1 Å². The summed E-state index contributed by atoms with van der Waals surface area (Å²) < 4.78 is 0. The number of pyridine rings is 1. The van der Waals surface area contributed by atoms with Crippen LogP contribution in [0.2, 0.25) is 0 Å². The monoisotopic (exact) mass is 219 g/mol. The molecule has 1 aromatic rings. The molecule has 1 heterocycles. The van der Waals surface area contributed by atoms with Crippen LogP contribution in [0.5, 0.6) is 0 Å². The lowest BCUT2D eigenvalue weighted by Crippen LogP contribution is -2.58. The minimum Gasteiger partial charge on any atom is -0.346 e. The molecule has 0 radical (unpaired) electrons. The van der Waals surface area contributed by atoms with Gasteiger partial charge in [-0.05, 0) is 38.3 Å². The van der Waals surface area contributed by atoms with Gasteiger partial charge in [-0.1, -0.05) is 6.07 Å². The maximum absolute atomic E-state index is 11.9. The Morgan fingerprint density at radius 2 is 2.31 bits per heavy atom. The van der Waals surface area contributed by atoms with Crippen molar-refractivity contribution in [3.05, 3.63) is 30.1 Å². The molecule has 0 aliphatic heterocycles. The summed E-state index contributed by atoms with van der Waals surface area (Å²) in [7, 11) is 0. The zero-order chi connectivity index (χ0) is 11.6. The molecule has 0 bridgehead atoms. The number of nitrogens with zero attached hydrogens (tertiary/aromatic N) is 1. The van der Waals surface area contributed by atoms with Crippen molar-refractivity contribution in [1.29, 1.82) is 0 Å². The Balaban J connectivity index is 1.97. The van der Waals surface area contributed by atoms with E-state index in [0.717, 1.165) is 25.0 Å². The second-order valence-corrected chi connectivity index (χ2v) is 4.46. The molecule has 1 saturated carbocycles. The van der Waals surface area contributed by atoms with E-state index in [9.17, 15) is 4.79 Å². The lowest BCUT2D eigenvalue weighted by Gasteiger charge is -2.37. The fourth-order valence-electron chi connectivity index (χ4n) is 1.83. The largest absolute Gasteiger partial charge is 0.346 e. The van der Waals surface area contributed by atoms with E-state index in [2.05, 4.69) is 10.3 Å². The minimum atomic E-state index is -0.636. The second-order valence-electron chi connectivity index (χ2n) is 4.46. The number of nitrogens with two attached hydrogens (primary N) is 1. The van der Waals surface area contributed by atoms with Gasteiger partial charge in [0.15, 0.2) is 0 Å². The maximum atomic E-state index is 11.9. The van der Waals surface area contributed by atoms with Gasteiger partial charge in [0.1, 0.15) is 0 Å². The van der Waals surface area contributed by atoms with Gasteiger partial charge in [0.25, 0.3) is 0 Å². The highest BCUT2D eigenvalue weighted by molar-refractivity contribution is 5.87. The smallest absolute Gasteiger partial charge is 0.240 e. The Morgan fingerprint density at radius 1 is 1.56 bits per heavy atom.